The van der Waals surface area contributed by atoms with Gasteiger partial charge in [-0.25, -0.2) is 0 Å². The second-order valence-corrected chi connectivity index (χ2v) is 9.72. The number of ether oxygens (including phenoxy) is 1. The molecule has 2 aliphatic carbocycles. The second kappa shape index (κ2) is 8.71. The number of aliphatic imine (C=N–C) groups is 1. The average molecular weight is 386 g/mol. The Morgan fingerprint density at radius 3 is 2.68 bits per heavy atom. The maximum absolute atomic E-state index is 6.66. The fourth-order valence-electron chi connectivity index (χ4n) is 5.59. The molecule has 5 rings (SSSR count). The number of hydrogen-bond acceptors (Lipinski definition) is 4. The highest BCUT2D eigenvalue weighted by Crippen LogP contribution is 2.48. The minimum atomic E-state index is -0.00527. The Kier molecular flexibility index (Phi) is 6.27. The van der Waals surface area contributed by atoms with E-state index in [1.165, 1.54) is 62.5 Å². The molecule has 2 atom stereocenters. The van der Waals surface area contributed by atoms with E-state index in [0.29, 0.717) is 5.92 Å². The monoisotopic (exact) mass is 385 g/mol. The zero-order valence-corrected chi connectivity index (χ0v) is 17.8. The van der Waals surface area contributed by atoms with Gasteiger partial charge in [-0.3, -0.25) is 4.99 Å². The summed E-state index contributed by atoms with van der Waals surface area (Å²) >= 11 is 0. The van der Waals surface area contributed by atoms with Gasteiger partial charge in [-0.2, -0.15) is 0 Å². The quantitative estimate of drug-likeness (QED) is 0.638. The van der Waals surface area contributed by atoms with E-state index in [9.17, 15) is 0 Å². The van der Waals surface area contributed by atoms with Gasteiger partial charge in [0.05, 0.1) is 11.1 Å². The molecule has 0 amide bonds. The Bertz CT molecular complexity index is 644. The van der Waals surface area contributed by atoms with Gasteiger partial charge in [0, 0.05) is 31.0 Å². The topological polar surface area (TPSA) is 59.6 Å². The lowest BCUT2D eigenvalue weighted by Gasteiger charge is -2.44. The van der Waals surface area contributed by atoms with E-state index in [4.69, 9.17) is 15.5 Å². The maximum Gasteiger partial charge on any atom is 0.0686 e. The van der Waals surface area contributed by atoms with E-state index in [1.807, 2.05) is 0 Å². The Balaban J connectivity index is 1.49. The molecule has 0 aromatic heterocycles. The van der Waals surface area contributed by atoms with Crippen LogP contribution < -0.4 is 11.1 Å². The third-order valence-corrected chi connectivity index (χ3v) is 7.69. The number of nitrogens with two attached hydrogens (primary N) is 1. The fourth-order valence-corrected chi connectivity index (χ4v) is 5.59. The van der Waals surface area contributed by atoms with Crippen molar-refractivity contribution in [2.75, 3.05) is 19.7 Å². The molecule has 28 heavy (non-hydrogen) atoms. The standard InChI is InChI=1S/C24H39N3O/c1-23-13-9-19(18-27-23)17-26-15-5-2-6-16-28-24(11-3-4-12-24)14-10-22(25)20-7-8-21(20)23/h9,18,21,26H,2-8,10-17,25H2,1H3/b22-20+. The maximum atomic E-state index is 6.66. The van der Waals surface area contributed by atoms with Gasteiger partial charge >= 0.3 is 0 Å². The molecule has 5 aliphatic rings. The van der Waals surface area contributed by atoms with Crippen LogP contribution in [0.4, 0.5) is 0 Å². The molecule has 0 radical (unpaired) electrons. The molecular formula is C24H39N3O. The van der Waals surface area contributed by atoms with Gasteiger partial charge in [-0.15, -0.1) is 0 Å². The predicted octanol–water partition coefficient (Wildman–Crippen LogP) is 4.65. The van der Waals surface area contributed by atoms with Crippen LogP contribution in [0, 0.1) is 5.92 Å². The van der Waals surface area contributed by atoms with E-state index >= 15 is 0 Å². The first-order valence-electron chi connectivity index (χ1n) is 11.7. The lowest BCUT2D eigenvalue weighted by atomic mass is 9.65. The molecule has 0 saturated heterocycles. The van der Waals surface area contributed by atoms with Gasteiger partial charge < -0.3 is 15.8 Å². The zero-order chi connectivity index (χ0) is 19.5. The zero-order valence-electron chi connectivity index (χ0n) is 17.8. The molecule has 156 valence electrons. The molecule has 3 aliphatic heterocycles. The van der Waals surface area contributed by atoms with Gasteiger partial charge in [0.25, 0.3) is 0 Å². The molecule has 2 saturated carbocycles. The summed E-state index contributed by atoms with van der Waals surface area (Å²) in [5, 5.41) is 3.59. The Hall–Kier alpha value is -1.13. The van der Waals surface area contributed by atoms with Gasteiger partial charge in [-0.1, -0.05) is 18.9 Å². The molecule has 4 heteroatoms. The van der Waals surface area contributed by atoms with Crippen molar-refractivity contribution in [2.24, 2.45) is 16.6 Å². The SMILES string of the molecule is CC12CC=C(C=N1)CNCCCCCOC1(CCCC1)CC/C(N)=C1/CCC12. The Morgan fingerprint density at radius 2 is 1.96 bits per heavy atom. The number of nitrogens with one attached hydrogen (secondary N) is 1. The van der Waals surface area contributed by atoms with Crippen LogP contribution in [0.2, 0.25) is 0 Å². The normalized spacial score (nSPS) is 37.0. The van der Waals surface area contributed by atoms with Crippen molar-refractivity contribution >= 4 is 6.21 Å². The number of dihydropyridines is 1. The number of hydrogen-bond donors (Lipinski definition) is 2. The van der Waals surface area contributed by atoms with Crippen LogP contribution in [0.1, 0.15) is 84.0 Å². The third-order valence-electron chi connectivity index (χ3n) is 7.69. The Labute approximate surface area is 171 Å². The molecule has 3 N–H and O–H groups in total. The Morgan fingerprint density at radius 1 is 1.11 bits per heavy atom. The molecule has 4 nitrogen and oxygen atoms in total. The summed E-state index contributed by atoms with van der Waals surface area (Å²) < 4.78 is 6.50. The van der Waals surface area contributed by atoms with Crippen molar-refractivity contribution in [2.45, 2.75) is 95.1 Å². The molecule has 0 aromatic rings. The summed E-state index contributed by atoms with van der Waals surface area (Å²) in [6, 6.07) is 0. The van der Waals surface area contributed by atoms with E-state index in [2.05, 4.69) is 24.5 Å². The molecule has 2 fully saturated rings. The van der Waals surface area contributed by atoms with Crippen LogP contribution in [0.25, 0.3) is 0 Å². The van der Waals surface area contributed by atoms with Crippen LogP contribution in [-0.2, 0) is 4.74 Å². The van der Waals surface area contributed by atoms with Crippen LogP contribution in [0.3, 0.4) is 0 Å². The van der Waals surface area contributed by atoms with Crippen molar-refractivity contribution in [1.82, 2.24) is 5.32 Å². The molecule has 0 aromatic carbocycles. The lowest BCUT2D eigenvalue weighted by molar-refractivity contribution is -0.0479. The van der Waals surface area contributed by atoms with Gasteiger partial charge in [0.15, 0.2) is 0 Å². The van der Waals surface area contributed by atoms with Crippen LogP contribution in [0.5, 0.6) is 0 Å². The van der Waals surface area contributed by atoms with Gasteiger partial charge in [0.2, 0.25) is 0 Å². The van der Waals surface area contributed by atoms with Crippen molar-refractivity contribution in [3.63, 3.8) is 0 Å². The number of nitrogens with zero attached hydrogens (tertiary/aromatic N) is 1. The summed E-state index contributed by atoms with van der Waals surface area (Å²) in [4.78, 5) is 5.03. The molecular weight excluding hydrogens is 346 g/mol. The van der Waals surface area contributed by atoms with Gasteiger partial charge in [-0.05, 0) is 88.8 Å². The molecule has 2 unspecified atom stereocenters. The highest BCUT2D eigenvalue weighted by atomic mass is 16.5. The smallest absolute Gasteiger partial charge is 0.0686 e. The molecule has 2 bridgehead atoms. The summed E-state index contributed by atoms with van der Waals surface area (Å²) in [6.07, 6.45) is 18.7. The number of allylic oxidation sites excluding steroid dienone is 1. The number of fused-ring (bicyclic) bond motifs is 10. The fraction of sp³-hybridized carbons (Fsp3) is 0.792. The van der Waals surface area contributed by atoms with Crippen LogP contribution >= 0.6 is 0 Å². The van der Waals surface area contributed by atoms with E-state index in [0.717, 1.165) is 51.1 Å². The second-order valence-electron chi connectivity index (χ2n) is 9.72. The minimum Gasteiger partial charge on any atom is -0.402 e. The van der Waals surface area contributed by atoms with Crippen molar-refractivity contribution < 1.29 is 4.74 Å². The highest BCUT2D eigenvalue weighted by molar-refractivity contribution is 5.80. The predicted molar refractivity (Wildman–Crippen MR) is 117 cm³/mol. The molecule has 3 heterocycles. The lowest BCUT2D eigenvalue weighted by Crippen LogP contribution is -2.42. The highest BCUT2D eigenvalue weighted by Gasteiger charge is 2.42. The first-order chi connectivity index (χ1) is 13.6. The largest absolute Gasteiger partial charge is 0.402 e. The summed E-state index contributed by atoms with van der Waals surface area (Å²) in [5.41, 5.74) is 10.7. The number of rotatable bonds is 0. The van der Waals surface area contributed by atoms with Crippen molar-refractivity contribution in [1.29, 1.82) is 0 Å². The van der Waals surface area contributed by atoms with E-state index in [-0.39, 0.29) is 11.1 Å². The third kappa shape index (κ3) is 4.38. The van der Waals surface area contributed by atoms with Crippen LogP contribution in [0.15, 0.2) is 27.9 Å². The summed E-state index contributed by atoms with van der Waals surface area (Å²) in [7, 11) is 0. The van der Waals surface area contributed by atoms with Crippen LogP contribution in [-0.4, -0.2) is 37.1 Å². The minimum absolute atomic E-state index is 0.00527. The van der Waals surface area contributed by atoms with Crippen molar-refractivity contribution in [3.8, 4) is 0 Å². The van der Waals surface area contributed by atoms with E-state index in [1.54, 1.807) is 0 Å². The molecule has 1 spiro atoms. The summed E-state index contributed by atoms with van der Waals surface area (Å²) in [6.45, 7) is 5.25. The first kappa shape index (κ1) is 20.2. The summed E-state index contributed by atoms with van der Waals surface area (Å²) in [5.74, 6) is 0.522. The van der Waals surface area contributed by atoms with Crippen molar-refractivity contribution in [3.05, 3.63) is 22.9 Å². The van der Waals surface area contributed by atoms with E-state index < -0.39 is 0 Å². The first-order valence-corrected chi connectivity index (χ1v) is 11.7. The average Bonchev–Trinajstić information content (AvgIpc) is 3.11. The van der Waals surface area contributed by atoms with Gasteiger partial charge in [0.1, 0.15) is 0 Å².